The average molecular weight is 238 g/mol. The lowest BCUT2D eigenvalue weighted by molar-refractivity contribution is -0.173. The molecule has 0 radical (unpaired) electrons. The van der Waals surface area contributed by atoms with E-state index >= 15 is 0 Å². The molecular formula is C14H22O3. The van der Waals surface area contributed by atoms with Gasteiger partial charge in [-0.1, -0.05) is 33.1 Å². The maximum atomic E-state index is 11.7. The summed E-state index contributed by atoms with van der Waals surface area (Å²) in [5.74, 6) is -0.679. The lowest BCUT2D eigenvalue weighted by Gasteiger charge is -2.34. The molecule has 0 aromatic rings. The SMILES string of the molecule is CC1(C)CCCCCC2CC(C1)C(=O)OC2=O. The van der Waals surface area contributed by atoms with Gasteiger partial charge in [-0.3, -0.25) is 9.59 Å². The Kier molecular flexibility index (Phi) is 3.55. The van der Waals surface area contributed by atoms with Gasteiger partial charge in [0.2, 0.25) is 0 Å². The number of hydrogen-bond donors (Lipinski definition) is 0. The molecule has 2 atom stereocenters. The summed E-state index contributed by atoms with van der Waals surface area (Å²) >= 11 is 0. The van der Waals surface area contributed by atoms with Gasteiger partial charge in [0.05, 0.1) is 11.8 Å². The molecule has 3 heteroatoms. The van der Waals surface area contributed by atoms with E-state index in [2.05, 4.69) is 13.8 Å². The largest absolute Gasteiger partial charge is 0.393 e. The third kappa shape index (κ3) is 3.08. The van der Waals surface area contributed by atoms with E-state index in [1.165, 1.54) is 12.8 Å². The zero-order valence-electron chi connectivity index (χ0n) is 10.8. The topological polar surface area (TPSA) is 43.4 Å². The zero-order valence-corrected chi connectivity index (χ0v) is 10.8. The van der Waals surface area contributed by atoms with Crippen LogP contribution in [0.4, 0.5) is 0 Å². The maximum absolute atomic E-state index is 11.7. The standard InChI is InChI=1S/C14H22O3/c1-14(2)7-5-3-4-6-10-8-11(9-14)13(16)17-12(10)15/h10-11H,3-9H2,1-2H3. The van der Waals surface area contributed by atoms with Crippen LogP contribution in [-0.4, -0.2) is 11.9 Å². The second kappa shape index (κ2) is 4.79. The molecule has 2 aliphatic rings. The summed E-state index contributed by atoms with van der Waals surface area (Å²) in [6.45, 7) is 4.43. The monoisotopic (exact) mass is 238 g/mol. The maximum Gasteiger partial charge on any atom is 0.316 e. The van der Waals surface area contributed by atoms with Gasteiger partial charge in [-0.05, 0) is 31.1 Å². The fourth-order valence-electron chi connectivity index (χ4n) is 3.14. The highest BCUT2D eigenvalue weighted by Crippen LogP contribution is 2.38. The highest BCUT2D eigenvalue weighted by molar-refractivity contribution is 5.90. The Morgan fingerprint density at radius 2 is 1.76 bits per heavy atom. The Morgan fingerprint density at radius 1 is 1.06 bits per heavy atom. The number of fused-ring (bicyclic) bond motifs is 2. The third-order valence-corrected chi connectivity index (χ3v) is 4.14. The number of carbonyl (C=O) groups excluding carboxylic acids is 2. The Balaban J connectivity index is 2.12. The number of cyclic esters (lactones) is 2. The second-order valence-electron chi connectivity index (χ2n) is 6.34. The number of esters is 2. The first-order valence-corrected chi connectivity index (χ1v) is 6.73. The molecule has 0 amide bonds. The Hall–Kier alpha value is -0.860. The number of ether oxygens (including phenoxy) is 1. The summed E-state index contributed by atoms with van der Waals surface area (Å²) in [6, 6.07) is 0. The Labute approximate surface area is 103 Å². The Morgan fingerprint density at radius 3 is 2.53 bits per heavy atom. The van der Waals surface area contributed by atoms with Crippen LogP contribution in [0.3, 0.4) is 0 Å². The molecule has 1 aliphatic heterocycles. The summed E-state index contributed by atoms with van der Waals surface area (Å²) in [4.78, 5) is 23.3. The summed E-state index contributed by atoms with van der Waals surface area (Å²) in [7, 11) is 0. The molecule has 1 aliphatic carbocycles. The molecular weight excluding hydrogens is 216 g/mol. The van der Waals surface area contributed by atoms with Crippen molar-refractivity contribution in [2.75, 3.05) is 0 Å². The van der Waals surface area contributed by atoms with Crippen LogP contribution in [0.5, 0.6) is 0 Å². The van der Waals surface area contributed by atoms with E-state index in [1.54, 1.807) is 0 Å². The van der Waals surface area contributed by atoms with Gasteiger partial charge in [-0.15, -0.1) is 0 Å². The number of hydrogen-bond acceptors (Lipinski definition) is 3. The molecule has 0 aromatic heterocycles. The molecule has 17 heavy (non-hydrogen) atoms. The van der Waals surface area contributed by atoms with Crippen LogP contribution >= 0.6 is 0 Å². The van der Waals surface area contributed by atoms with E-state index < -0.39 is 0 Å². The minimum atomic E-state index is -0.292. The molecule has 2 unspecified atom stereocenters. The molecule has 1 saturated carbocycles. The van der Waals surface area contributed by atoms with Gasteiger partial charge in [0.15, 0.2) is 0 Å². The van der Waals surface area contributed by atoms with Crippen LogP contribution in [0.15, 0.2) is 0 Å². The van der Waals surface area contributed by atoms with E-state index in [0.29, 0.717) is 6.42 Å². The molecule has 0 spiro atoms. The molecule has 2 rings (SSSR count). The van der Waals surface area contributed by atoms with Crippen molar-refractivity contribution in [3.05, 3.63) is 0 Å². The van der Waals surface area contributed by atoms with Crippen molar-refractivity contribution in [2.45, 2.75) is 58.8 Å². The normalized spacial score (nSPS) is 34.0. The van der Waals surface area contributed by atoms with E-state index in [-0.39, 0.29) is 29.2 Å². The quantitative estimate of drug-likeness (QED) is 0.481. The average Bonchev–Trinajstić information content (AvgIpc) is 2.23. The summed E-state index contributed by atoms with van der Waals surface area (Å²) in [6.07, 6.45) is 7.09. The zero-order chi connectivity index (χ0) is 12.5. The first kappa shape index (κ1) is 12.6. The van der Waals surface area contributed by atoms with Crippen LogP contribution < -0.4 is 0 Å². The van der Waals surface area contributed by atoms with E-state index in [0.717, 1.165) is 25.7 Å². The number of carbonyl (C=O) groups is 2. The first-order valence-electron chi connectivity index (χ1n) is 6.73. The minimum Gasteiger partial charge on any atom is -0.393 e. The summed E-state index contributed by atoms with van der Waals surface area (Å²) in [5.41, 5.74) is 0.186. The van der Waals surface area contributed by atoms with Crippen molar-refractivity contribution >= 4 is 11.9 Å². The van der Waals surface area contributed by atoms with E-state index in [9.17, 15) is 9.59 Å². The van der Waals surface area contributed by atoms with Gasteiger partial charge in [-0.25, -0.2) is 0 Å². The highest BCUT2D eigenvalue weighted by atomic mass is 16.6. The molecule has 0 N–H and O–H groups in total. The van der Waals surface area contributed by atoms with Gasteiger partial charge in [0, 0.05) is 0 Å². The van der Waals surface area contributed by atoms with Crippen molar-refractivity contribution in [1.29, 1.82) is 0 Å². The van der Waals surface area contributed by atoms with Crippen LogP contribution in [0.2, 0.25) is 0 Å². The van der Waals surface area contributed by atoms with E-state index in [4.69, 9.17) is 4.74 Å². The molecule has 1 saturated heterocycles. The van der Waals surface area contributed by atoms with Crippen LogP contribution in [-0.2, 0) is 14.3 Å². The minimum absolute atomic E-state index is 0.0356. The van der Waals surface area contributed by atoms with Gasteiger partial charge in [0.25, 0.3) is 0 Å². The molecule has 2 fully saturated rings. The van der Waals surface area contributed by atoms with Crippen LogP contribution in [0.1, 0.15) is 58.8 Å². The second-order valence-corrected chi connectivity index (χ2v) is 6.34. The van der Waals surface area contributed by atoms with Gasteiger partial charge < -0.3 is 4.74 Å². The molecule has 1 heterocycles. The summed E-state index contributed by atoms with van der Waals surface area (Å²) < 4.78 is 4.90. The smallest absolute Gasteiger partial charge is 0.316 e. The van der Waals surface area contributed by atoms with Crippen LogP contribution in [0.25, 0.3) is 0 Å². The van der Waals surface area contributed by atoms with Crippen molar-refractivity contribution in [3.63, 3.8) is 0 Å². The summed E-state index contributed by atoms with van der Waals surface area (Å²) in [5, 5.41) is 0. The van der Waals surface area contributed by atoms with Gasteiger partial charge >= 0.3 is 11.9 Å². The fraction of sp³-hybridized carbons (Fsp3) is 0.857. The predicted molar refractivity (Wildman–Crippen MR) is 64.2 cm³/mol. The third-order valence-electron chi connectivity index (χ3n) is 4.14. The van der Waals surface area contributed by atoms with Gasteiger partial charge in [-0.2, -0.15) is 0 Å². The highest BCUT2D eigenvalue weighted by Gasteiger charge is 2.39. The lowest BCUT2D eigenvalue weighted by Crippen LogP contribution is -2.37. The molecule has 3 nitrogen and oxygen atoms in total. The van der Waals surface area contributed by atoms with E-state index in [1.807, 2.05) is 0 Å². The molecule has 0 aromatic carbocycles. The lowest BCUT2D eigenvalue weighted by atomic mass is 9.73. The van der Waals surface area contributed by atoms with Crippen molar-refractivity contribution in [1.82, 2.24) is 0 Å². The predicted octanol–water partition coefficient (Wildman–Crippen LogP) is 3.07. The molecule has 2 bridgehead atoms. The molecule has 96 valence electrons. The van der Waals surface area contributed by atoms with Gasteiger partial charge in [0.1, 0.15) is 0 Å². The van der Waals surface area contributed by atoms with Crippen LogP contribution in [0, 0.1) is 17.3 Å². The van der Waals surface area contributed by atoms with Crippen molar-refractivity contribution < 1.29 is 14.3 Å². The number of rotatable bonds is 0. The fourth-order valence-corrected chi connectivity index (χ4v) is 3.14. The first-order chi connectivity index (χ1) is 7.98. The van der Waals surface area contributed by atoms with Crippen molar-refractivity contribution in [2.24, 2.45) is 17.3 Å². The Bertz CT molecular complexity index is 319. The van der Waals surface area contributed by atoms with Crippen molar-refractivity contribution in [3.8, 4) is 0 Å².